The average Bonchev–Trinajstić information content (AvgIpc) is 2.59. The predicted octanol–water partition coefficient (Wildman–Crippen LogP) is 5.52. The molecular weight excluding hydrogens is 364 g/mol. The van der Waals surface area contributed by atoms with Crippen LogP contribution in [0.3, 0.4) is 0 Å². The van der Waals surface area contributed by atoms with Crippen LogP contribution in [0.25, 0.3) is 0 Å². The number of amides is 1. The summed E-state index contributed by atoms with van der Waals surface area (Å²) >= 11 is 12.1. The van der Waals surface area contributed by atoms with Crippen LogP contribution in [0.1, 0.15) is 10.5 Å². The summed E-state index contributed by atoms with van der Waals surface area (Å²) in [4.78, 5) is 16.3. The molecule has 0 aliphatic rings. The largest absolute Gasteiger partial charge is 0.354 e. The molecular formula is C18H12Cl2FN3O. The van der Waals surface area contributed by atoms with Crippen molar-refractivity contribution in [2.24, 2.45) is 0 Å². The number of hydrogen-bond donors (Lipinski definition) is 2. The molecule has 0 atom stereocenters. The average molecular weight is 376 g/mol. The van der Waals surface area contributed by atoms with E-state index in [9.17, 15) is 9.18 Å². The maximum absolute atomic E-state index is 13.2. The third kappa shape index (κ3) is 4.26. The van der Waals surface area contributed by atoms with Gasteiger partial charge in [0.2, 0.25) is 0 Å². The second kappa shape index (κ2) is 7.51. The lowest BCUT2D eigenvalue weighted by atomic mass is 10.2. The molecule has 3 rings (SSSR count). The van der Waals surface area contributed by atoms with Crippen LogP contribution in [0.5, 0.6) is 0 Å². The summed E-state index contributed by atoms with van der Waals surface area (Å²) in [5.74, 6) is -0.886. The third-order valence-corrected chi connectivity index (χ3v) is 4.12. The molecule has 1 amide bonds. The minimum atomic E-state index is -0.452. The molecule has 126 valence electrons. The van der Waals surface area contributed by atoms with Crippen LogP contribution in [0, 0.1) is 5.82 Å². The standard InChI is InChI=1S/C18H12Cl2FN3O/c19-14-5-2-6-15(17(14)20)23-13-7-8-22-16(10-13)18(25)24-12-4-1-3-11(21)9-12/h1-10H,(H,22,23)(H,24,25). The van der Waals surface area contributed by atoms with E-state index in [4.69, 9.17) is 23.2 Å². The zero-order chi connectivity index (χ0) is 17.8. The Bertz CT molecular complexity index is 934. The van der Waals surface area contributed by atoms with Crippen molar-refractivity contribution in [2.75, 3.05) is 10.6 Å². The molecule has 2 N–H and O–H groups in total. The van der Waals surface area contributed by atoms with E-state index in [-0.39, 0.29) is 5.69 Å². The first-order valence-electron chi connectivity index (χ1n) is 7.27. The Morgan fingerprint density at radius 2 is 1.80 bits per heavy atom. The van der Waals surface area contributed by atoms with Crippen molar-refractivity contribution in [2.45, 2.75) is 0 Å². The Kier molecular flexibility index (Phi) is 5.16. The molecule has 1 heterocycles. The molecule has 4 nitrogen and oxygen atoms in total. The Hall–Kier alpha value is -2.63. The molecule has 0 saturated carbocycles. The normalized spacial score (nSPS) is 10.4. The highest BCUT2D eigenvalue weighted by Crippen LogP contribution is 2.31. The number of benzene rings is 2. The number of carbonyl (C=O) groups excluding carboxylic acids is 1. The third-order valence-electron chi connectivity index (χ3n) is 3.31. The molecule has 7 heteroatoms. The molecule has 0 spiro atoms. The van der Waals surface area contributed by atoms with Gasteiger partial charge in [0.05, 0.1) is 15.7 Å². The van der Waals surface area contributed by atoms with Crippen molar-refractivity contribution in [3.63, 3.8) is 0 Å². The van der Waals surface area contributed by atoms with Gasteiger partial charge in [-0.3, -0.25) is 9.78 Å². The van der Waals surface area contributed by atoms with Crippen molar-refractivity contribution < 1.29 is 9.18 Å². The van der Waals surface area contributed by atoms with Gasteiger partial charge in [-0.1, -0.05) is 35.3 Å². The van der Waals surface area contributed by atoms with Gasteiger partial charge in [-0.15, -0.1) is 0 Å². The molecule has 0 radical (unpaired) electrons. The van der Waals surface area contributed by atoms with E-state index in [0.717, 1.165) is 0 Å². The van der Waals surface area contributed by atoms with Crippen molar-refractivity contribution in [1.29, 1.82) is 0 Å². The van der Waals surface area contributed by atoms with Gasteiger partial charge < -0.3 is 10.6 Å². The van der Waals surface area contributed by atoms with E-state index in [1.54, 1.807) is 36.4 Å². The van der Waals surface area contributed by atoms with E-state index in [1.165, 1.54) is 24.4 Å². The zero-order valence-corrected chi connectivity index (χ0v) is 14.3. The predicted molar refractivity (Wildman–Crippen MR) is 98.3 cm³/mol. The van der Waals surface area contributed by atoms with Crippen molar-refractivity contribution >= 4 is 46.2 Å². The number of nitrogens with one attached hydrogen (secondary N) is 2. The maximum Gasteiger partial charge on any atom is 0.274 e. The minimum Gasteiger partial charge on any atom is -0.354 e. The first kappa shape index (κ1) is 17.2. The SMILES string of the molecule is O=C(Nc1cccc(F)c1)c1cc(Nc2cccc(Cl)c2Cl)ccn1. The summed E-state index contributed by atoms with van der Waals surface area (Å²) in [7, 11) is 0. The number of nitrogens with zero attached hydrogens (tertiary/aromatic N) is 1. The molecule has 0 aliphatic carbocycles. The Morgan fingerprint density at radius 1 is 1.00 bits per heavy atom. The Morgan fingerprint density at radius 3 is 2.60 bits per heavy atom. The molecule has 1 aromatic heterocycles. The number of carbonyl (C=O) groups is 1. The lowest BCUT2D eigenvalue weighted by Crippen LogP contribution is -2.13. The Labute approximate surface area is 153 Å². The van der Waals surface area contributed by atoms with Crippen molar-refractivity contribution in [1.82, 2.24) is 4.98 Å². The maximum atomic E-state index is 13.2. The van der Waals surface area contributed by atoms with Gasteiger partial charge in [-0.05, 0) is 42.5 Å². The molecule has 0 unspecified atom stereocenters. The summed E-state index contributed by atoms with van der Waals surface area (Å²) in [6, 6.07) is 14.1. The van der Waals surface area contributed by atoms with E-state index in [2.05, 4.69) is 15.6 Å². The van der Waals surface area contributed by atoms with E-state index < -0.39 is 11.7 Å². The zero-order valence-electron chi connectivity index (χ0n) is 12.8. The van der Waals surface area contributed by atoms with Crippen molar-refractivity contribution in [3.05, 3.63) is 82.4 Å². The van der Waals surface area contributed by atoms with Crippen molar-refractivity contribution in [3.8, 4) is 0 Å². The fourth-order valence-electron chi connectivity index (χ4n) is 2.15. The van der Waals surface area contributed by atoms with Gasteiger partial charge in [0.1, 0.15) is 11.5 Å². The van der Waals surface area contributed by atoms with Gasteiger partial charge in [0, 0.05) is 17.6 Å². The van der Waals surface area contributed by atoms with Gasteiger partial charge >= 0.3 is 0 Å². The van der Waals surface area contributed by atoms with Gasteiger partial charge in [-0.2, -0.15) is 0 Å². The number of rotatable bonds is 4. The number of aromatic nitrogens is 1. The van der Waals surface area contributed by atoms with Gasteiger partial charge in [-0.25, -0.2) is 4.39 Å². The number of halogens is 3. The lowest BCUT2D eigenvalue weighted by molar-refractivity contribution is 0.102. The Balaban J connectivity index is 1.79. The quantitative estimate of drug-likeness (QED) is 0.630. The molecule has 3 aromatic rings. The molecule has 0 fully saturated rings. The van der Waals surface area contributed by atoms with Crippen LogP contribution in [-0.2, 0) is 0 Å². The second-order valence-corrected chi connectivity index (χ2v) is 5.91. The molecule has 0 aliphatic heterocycles. The molecule has 2 aromatic carbocycles. The first-order chi connectivity index (χ1) is 12.0. The fourth-order valence-corrected chi connectivity index (χ4v) is 2.50. The minimum absolute atomic E-state index is 0.174. The topological polar surface area (TPSA) is 54.0 Å². The van der Waals surface area contributed by atoms with Crippen LogP contribution in [0.4, 0.5) is 21.5 Å². The molecule has 0 bridgehead atoms. The number of hydrogen-bond acceptors (Lipinski definition) is 3. The first-order valence-corrected chi connectivity index (χ1v) is 8.02. The summed E-state index contributed by atoms with van der Waals surface area (Å²) < 4.78 is 13.2. The van der Waals surface area contributed by atoms with E-state index in [1.807, 2.05) is 0 Å². The van der Waals surface area contributed by atoms with Gasteiger partial charge in [0.25, 0.3) is 5.91 Å². The summed E-state index contributed by atoms with van der Waals surface area (Å²) in [6.45, 7) is 0. The van der Waals surface area contributed by atoms with Crippen LogP contribution in [0.15, 0.2) is 60.8 Å². The highest BCUT2D eigenvalue weighted by molar-refractivity contribution is 6.43. The highest BCUT2D eigenvalue weighted by Gasteiger charge is 2.10. The summed E-state index contributed by atoms with van der Waals surface area (Å²) in [5, 5.41) is 6.48. The van der Waals surface area contributed by atoms with E-state index in [0.29, 0.717) is 27.1 Å². The summed E-state index contributed by atoms with van der Waals surface area (Å²) in [5.41, 5.74) is 1.75. The smallest absolute Gasteiger partial charge is 0.274 e. The molecule has 0 saturated heterocycles. The molecule has 25 heavy (non-hydrogen) atoms. The highest BCUT2D eigenvalue weighted by atomic mass is 35.5. The lowest BCUT2D eigenvalue weighted by Gasteiger charge is -2.10. The van der Waals surface area contributed by atoms with Gasteiger partial charge in [0.15, 0.2) is 0 Å². The van der Waals surface area contributed by atoms with Crippen LogP contribution < -0.4 is 10.6 Å². The number of pyridine rings is 1. The second-order valence-electron chi connectivity index (χ2n) is 5.12. The monoisotopic (exact) mass is 375 g/mol. The summed E-state index contributed by atoms with van der Waals surface area (Å²) in [6.07, 6.45) is 1.49. The van der Waals surface area contributed by atoms with E-state index >= 15 is 0 Å². The number of anilines is 3. The van der Waals surface area contributed by atoms with Crippen LogP contribution in [-0.4, -0.2) is 10.9 Å². The van der Waals surface area contributed by atoms with Crippen LogP contribution >= 0.6 is 23.2 Å². The fraction of sp³-hybridized carbons (Fsp3) is 0. The van der Waals surface area contributed by atoms with Crippen LogP contribution in [0.2, 0.25) is 10.0 Å².